The van der Waals surface area contributed by atoms with Crippen LogP contribution < -0.4 is 5.32 Å². The van der Waals surface area contributed by atoms with Crippen LogP contribution in [0.15, 0.2) is 54.6 Å². The Morgan fingerprint density at radius 1 is 1.11 bits per heavy atom. The standard InChI is InChI=1S/C21H21N3O2S/c25-19(13-22-20(26)15-7-2-1-3-8-15)24-12-6-9-16(14-24)21-23-17-10-4-5-11-18(17)27-21/h1-5,7-8,10-11,16H,6,9,12-14H2,(H,22,26)/t16-/m0/s1. The SMILES string of the molecule is O=C(NCC(=O)N1CCC[C@H](c2nc3ccccc3s2)C1)c1ccccc1. The summed E-state index contributed by atoms with van der Waals surface area (Å²) >= 11 is 1.71. The number of para-hydroxylation sites is 1. The number of carbonyl (C=O) groups excluding carboxylic acids is 2. The predicted octanol–water partition coefficient (Wildman–Crippen LogP) is 3.43. The van der Waals surface area contributed by atoms with Crippen molar-refractivity contribution in [1.82, 2.24) is 15.2 Å². The van der Waals surface area contributed by atoms with Gasteiger partial charge in [0.2, 0.25) is 5.91 Å². The molecular formula is C21H21N3O2S. The quantitative estimate of drug-likeness (QED) is 0.755. The molecule has 0 bridgehead atoms. The van der Waals surface area contributed by atoms with Crippen molar-refractivity contribution in [2.45, 2.75) is 18.8 Å². The number of amides is 2. The van der Waals surface area contributed by atoms with Crippen molar-refractivity contribution in [1.29, 1.82) is 0 Å². The number of hydrogen-bond donors (Lipinski definition) is 1. The molecule has 0 spiro atoms. The van der Waals surface area contributed by atoms with Crippen molar-refractivity contribution in [3.05, 3.63) is 65.2 Å². The molecule has 2 heterocycles. The highest BCUT2D eigenvalue weighted by molar-refractivity contribution is 7.18. The fourth-order valence-corrected chi connectivity index (χ4v) is 4.52. The van der Waals surface area contributed by atoms with Crippen LogP contribution in [0.25, 0.3) is 10.2 Å². The predicted molar refractivity (Wildman–Crippen MR) is 107 cm³/mol. The second-order valence-electron chi connectivity index (χ2n) is 6.75. The Morgan fingerprint density at radius 3 is 2.70 bits per heavy atom. The maximum Gasteiger partial charge on any atom is 0.251 e. The van der Waals surface area contributed by atoms with Gasteiger partial charge in [0, 0.05) is 24.6 Å². The Balaban J connectivity index is 1.37. The summed E-state index contributed by atoms with van der Waals surface area (Å²) in [6.45, 7) is 1.43. The molecule has 0 saturated carbocycles. The van der Waals surface area contributed by atoms with Crippen LogP contribution in [0, 0.1) is 0 Å². The summed E-state index contributed by atoms with van der Waals surface area (Å²) in [6.07, 6.45) is 2.00. The number of nitrogens with one attached hydrogen (secondary N) is 1. The van der Waals surface area contributed by atoms with Gasteiger partial charge in [-0.25, -0.2) is 4.98 Å². The summed E-state index contributed by atoms with van der Waals surface area (Å²) in [5.74, 6) is 0.0127. The summed E-state index contributed by atoms with van der Waals surface area (Å²) in [6, 6.07) is 17.1. The zero-order valence-electron chi connectivity index (χ0n) is 14.9. The zero-order valence-corrected chi connectivity index (χ0v) is 15.7. The molecule has 1 atom stereocenters. The van der Waals surface area contributed by atoms with Crippen LogP contribution >= 0.6 is 11.3 Å². The molecular weight excluding hydrogens is 358 g/mol. The summed E-state index contributed by atoms with van der Waals surface area (Å²) in [4.78, 5) is 31.3. The van der Waals surface area contributed by atoms with Crippen LogP contribution in [0.1, 0.15) is 34.1 Å². The van der Waals surface area contributed by atoms with Gasteiger partial charge in [-0.15, -0.1) is 11.3 Å². The fraction of sp³-hybridized carbons (Fsp3) is 0.286. The first-order chi connectivity index (χ1) is 13.2. The molecule has 0 radical (unpaired) electrons. The van der Waals surface area contributed by atoms with Crippen LogP contribution in [-0.4, -0.2) is 41.3 Å². The van der Waals surface area contributed by atoms with Gasteiger partial charge in [0.15, 0.2) is 0 Å². The molecule has 1 N–H and O–H groups in total. The molecule has 0 aliphatic carbocycles. The molecule has 1 aliphatic heterocycles. The Hall–Kier alpha value is -2.73. The van der Waals surface area contributed by atoms with E-state index in [-0.39, 0.29) is 24.3 Å². The monoisotopic (exact) mass is 379 g/mol. The maximum atomic E-state index is 12.6. The molecule has 1 fully saturated rings. The summed E-state index contributed by atoms with van der Waals surface area (Å²) in [5.41, 5.74) is 1.59. The van der Waals surface area contributed by atoms with E-state index >= 15 is 0 Å². The number of rotatable bonds is 4. The van der Waals surface area contributed by atoms with E-state index in [1.807, 2.05) is 41.3 Å². The van der Waals surface area contributed by atoms with E-state index in [2.05, 4.69) is 11.4 Å². The molecule has 0 unspecified atom stereocenters. The average Bonchev–Trinajstić information content (AvgIpc) is 3.17. The van der Waals surface area contributed by atoms with E-state index in [4.69, 9.17) is 4.98 Å². The first-order valence-corrected chi connectivity index (χ1v) is 9.99. The number of carbonyl (C=O) groups is 2. The van der Waals surface area contributed by atoms with Gasteiger partial charge < -0.3 is 10.2 Å². The number of likely N-dealkylation sites (tertiary alicyclic amines) is 1. The lowest BCUT2D eigenvalue weighted by atomic mass is 9.98. The lowest BCUT2D eigenvalue weighted by molar-refractivity contribution is -0.131. The summed E-state index contributed by atoms with van der Waals surface area (Å²) in [7, 11) is 0. The van der Waals surface area contributed by atoms with Gasteiger partial charge in [-0.05, 0) is 37.1 Å². The van der Waals surface area contributed by atoms with Gasteiger partial charge in [-0.3, -0.25) is 9.59 Å². The van der Waals surface area contributed by atoms with Crippen LogP contribution in [-0.2, 0) is 4.79 Å². The lowest BCUT2D eigenvalue weighted by Crippen LogP contribution is -2.44. The van der Waals surface area contributed by atoms with Gasteiger partial charge in [0.25, 0.3) is 5.91 Å². The maximum absolute atomic E-state index is 12.6. The number of aromatic nitrogens is 1. The number of benzene rings is 2. The van der Waals surface area contributed by atoms with Crippen molar-refractivity contribution in [3.63, 3.8) is 0 Å². The molecule has 3 aromatic rings. The lowest BCUT2D eigenvalue weighted by Gasteiger charge is -2.32. The molecule has 1 aromatic heterocycles. The molecule has 2 amide bonds. The van der Waals surface area contributed by atoms with Crippen molar-refractivity contribution in [2.75, 3.05) is 19.6 Å². The highest BCUT2D eigenvalue weighted by atomic mass is 32.1. The third-order valence-corrected chi connectivity index (χ3v) is 6.07. The molecule has 138 valence electrons. The van der Waals surface area contributed by atoms with Crippen molar-refractivity contribution >= 4 is 33.4 Å². The van der Waals surface area contributed by atoms with Crippen LogP contribution in [0.5, 0.6) is 0 Å². The summed E-state index contributed by atoms with van der Waals surface area (Å²) < 4.78 is 1.19. The molecule has 27 heavy (non-hydrogen) atoms. The van der Waals surface area contributed by atoms with Gasteiger partial charge in [0.1, 0.15) is 0 Å². The van der Waals surface area contributed by atoms with Crippen LogP contribution in [0.3, 0.4) is 0 Å². The Morgan fingerprint density at radius 2 is 1.89 bits per heavy atom. The zero-order chi connectivity index (χ0) is 18.6. The molecule has 1 saturated heterocycles. The van der Waals surface area contributed by atoms with Crippen LogP contribution in [0.4, 0.5) is 0 Å². The highest BCUT2D eigenvalue weighted by Gasteiger charge is 2.27. The van der Waals surface area contributed by atoms with E-state index in [9.17, 15) is 9.59 Å². The average molecular weight is 379 g/mol. The topological polar surface area (TPSA) is 62.3 Å². The van der Waals surface area contributed by atoms with Crippen molar-refractivity contribution in [3.8, 4) is 0 Å². The van der Waals surface area contributed by atoms with E-state index < -0.39 is 0 Å². The molecule has 5 nitrogen and oxygen atoms in total. The second kappa shape index (κ2) is 7.88. The highest BCUT2D eigenvalue weighted by Crippen LogP contribution is 2.32. The van der Waals surface area contributed by atoms with Crippen molar-refractivity contribution in [2.24, 2.45) is 0 Å². The number of piperidine rings is 1. The normalized spacial score (nSPS) is 17.0. The third-order valence-electron chi connectivity index (χ3n) is 4.87. The third kappa shape index (κ3) is 4.01. The number of fused-ring (bicyclic) bond motifs is 1. The molecule has 2 aromatic carbocycles. The number of thiazole rings is 1. The Kier molecular flexibility index (Phi) is 5.16. The van der Waals surface area contributed by atoms with Crippen LogP contribution in [0.2, 0.25) is 0 Å². The number of hydrogen-bond acceptors (Lipinski definition) is 4. The van der Waals surface area contributed by atoms with Crippen molar-refractivity contribution < 1.29 is 9.59 Å². The molecule has 4 rings (SSSR count). The van der Waals surface area contributed by atoms with E-state index in [0.717, 1.165) is 29.9 Å². The Labute approximate surface area is 162 Å². The van der Waals surface area contributed by atoms with E-state index in [1.165, 1.54) is 4.70 Å². The molecule has 1 aliphatic rings. The smallest absolute Gasteiger partial charge is 0.251 e. The fourth-order valence-electron chi connectivity index (χ4n) is 3.43. The second-order valence-corrected chi connectivity index (χ2v) is 7.81. The minimum Gasteiger partial charge on any atom is -0.343 e. The first-order valence-electron chi connectivity index (χ1n) is 9.17. The van der Waals surface area contributed by atoms with E-state index in [1.54, 1.807) is 23.5 Å². The van der Waals surface area contributed by atoms with E-state index in [0.29, 0.717) is 12.1 Å². The minimum atomic E-state index is -0.219. The Bertz CT molecular complexity index is 921. The van der Waals surface area contributed by atoms with Gasteiger partial charge in [0.05, 0.1) is 21.8 Å². The largest absolute Gasteiger partial charge is 0.343 e. The number of nitrogens with zero attached hydrogens (tertiary/aromatic N) is 2. The van der Waals surface area contributed by atoms with Gasteiger partial charge in [-0.2, -0.15) is 0 Å². The first kappa shape index (κ1) is 17.7. The molecule has 6 heteroatoms. The summed E-state index contributed by atoms with van der Waals surface area (Å²) in [5, 5.41) is 3.83. The minimum absolute atomic E-state index is 0.0281. The van der Waals surface area contributed by atoms with Gasteiger partial charge in [-0.1, -0.05) is 30.3 Å². The van der Waals surface area contributed by atoms with Gasteiger partial charge >= 0.3 is 0 Å².